The van der Waals surface area contributed by atoms with E-state index in [0.29, 0.717) is 5.92 Å². The van der Waals surface area contributed by atoms with Crippen molar-refractivity contribution in [2.24, 2.45) is 18.4 Å². The molecule has 0 fully saturated rings. The summed E-state index contributed by atoms with van der Waals surface area (Å²) < 4.78 is 9.38. The largest absolute Gasteiger partial charge is 0.455 e. The Hall–Kier alpha value is -3.17. The van der Waals surface area contributed by atoms with Crippen LogP contribution in [0.25, 0.3) is 43.6 Å². The lowest BCUT2D eigenvalue weighted by Crippen LogP contribution is -2.37. The molecular formula is C37H44NOSi+. The maximum absolute atomic E-state index is 7.07. The number of hydrogen-bond donors (Lipinski definition) is 0. The quantitative estimate of drug-likeness (QED) is 0.122. The van der Waals surface area contributed by atoms with Crippen molar-refractivity contribution in [3.05, 3.63) is 71.4 Å². The molecule has 0 aliphatic carbocycles. The van der Waals surface area contributed by atoms with E-state index in [4.69, 9.17) is 4.74 Å². The number of aromatic nitrogens is 1. The molecule has 1 aliphatic rings. The Balaban J connectivity index is 1.74. The van der Waals surface area contributed by atoms with E-state index in [2.05, 4.69) is 128 Å². The van der Waals surface area contributed by atoms with Gasteiger partial charge in [-0.25, -0.2) is 4.57 Å². The third-order valence-electron chi connectivity index (χ3n) is 8.56. The fourth-order valence-electron chi connectivity index (χ4n) is 6.65. The summed E-state index contributed by atoms with van der Waals surface area (Å²) in [6, 6.07) is 18.8. The number of pyridine rings is 1. The first-order chi connectivity index (χ1) is 18.7. The molecule has 0 unspecified atom stereocenters. The molecule has 0 N–H and O–H groups in total. The Bertz CT molecular complexity index is 1830. The van der Waals surface area contributed by atoms with Gasteiger partial charge in [-0.3, -0.25) is 0 Å². The lowest BCUT2D eigenvalue weighted by atomic mass is 9.81. The van der Waals surface area contributed by atoms with E-state index in [0.717, 1.165) is 24.3 Å². The average Bonchev–Trinajstić information content (AvgIpc) is 2.85. The van der Waals surface area contributed by atoms with Crippen LogP contribution in [-0.4, -0.2) is 8.07 Å². The monoisotopic (exact) mass is 546 g/mol. The number of nitrogens with zero attached hydrogens (tertiary/aromatic N) is 1. The minimum Gasteiger partial charge on any atom is -0.455 e. The van der Waals surface area contributed by atoms with Crippen LogP contribution in [0.5, 0.6) is 11.5 Å². The summed E-state index contributed by atoms with van der Waals surface area (Å²) in [4.78, 5) is 0. The predicted molar refractivity (Wildman–Crippen MR) is 175 cm³/mol. The second kappa shape index (κ2) is 9.17. The van der Waals surface area contributed by atoms with Gasteiger partial charge in [-0.05, 0) is 69.8 Å². The van der Waals surface area contributed by atoms with Gasteiger partial charge in [0.25, 0.3) is 0 Å². The third-order valence-corrected chi connectivity index (χ3v) is 10.6. The molecular weight excluding hydrogens is 502 g/mol. The summed E-state index contributed by atoms with van der Waals surface area (Å²) >= 11 is 0. The highest BCUT2D eigenvalue weighted by Gasteiger charge is 2.34. The van der Waals surface area contributed by atoms with Gasteiger partial charge in [-0.1, -0.05) is 95.8 Å². The molecule has 3 heteroatoms. The predicted octanol–water partition coefficient (Wildman–Crippen LogP) is 9.38. The van der Waals surface area contributed by atoms with Crippen molar-refractivity contribution in [1.82, 2.24) is 0 Å². The first-order valence-electron chi connectivity index (χ1n) is 14.9. The van der Waals surface area contributed by atoms with Crippen molar-refractivity contribution in [1.29, 1.82) is 0 Å². The van der Waals surface area contributed by atoms with E-state index in [1.165, 1.54) is 65.5 Å². The lowest BCUT2D eigenvalue weighted by molar-refractivity contribution is -0.659. The van der Waals surface area contributed by atoms with Crippen molar-refractivity contribution in [2.45, 2.75) is 74.0 Å². The Kier molecular flexibility index (Phi) is 6.20. The molecule has 40 heavy (non-hydrogen) atoms. The molecule has 0 bridgehead atoms. The van der Waals surface area contributed by atoms with E-state index >= 15 is 0 Å². The highest BCUT2D eigenvalue weighted by atomic mass is 28.3. The summed E-state index contributed by atoms with van der Waals surface area (Å²) in [5.41, 5.74) is 6.72. The molecule has 0 saturated carbocycles. The molecule has 1 aromatic heterocycles. The van der Waals surface area contributed by atoms with Crippen LogP contribution in [-0.2, 0) is 19.9 Å². The van der Waals surface area contributed by atoms with Crippen LogP contribution >= 0.6 is 0 Å². The average molecular weight is 547 g/mol. The van der Waals surface area contributed by atoms with E-state index < -0.39 is 8.07 Å². The Morgan fingerprint density at radius 3 is 2.30 bits per heavy atom. The lowest BCUT2D eigenvalue weighted by Gasteiger charge is -2.28. The van der Waals surface area contributed by atoms with Crippen molar-refractivity contribution >= 4 is 45.6 Å². The van der Waals surface area contributed by atoms with Crippen molar-refractivity contribution < 1.29 is 9.30 Å². The topological polar surface area (TPSA) is 13.1 Å². The summed E-state index contributed by atoms with van der Waals surface area (Å²) in [7, 11) is 0.741. The van der Waals surface area contributed by atoms with Crippen LogP contribution in [0.3, 0.4) is 0 Å². The highest BCUT2D eigenvalue weighted by molar-refractivity contribution is 6.88. The first kappa shape index (κ1) is 27.0. The molecule has 0 radical (unpaired) electrons. The van der Waals surface area contributed by atoms with Crippen LogP contribution in [0.4, 0.5) is 0 Å². The number of ether oxygens (including phenoxy) is 1. The Morgan fingerprint density at radius 2 is 1.62 bits per heavy atom. The number of hydrogen-bond acceptors (Lipinski definition) is 1. The molecule has 2 heterocycles. The summed E-state index contributed by atoms with van der Waals surface area (Å²) in [6.45, 7) is 21.2. The standard InChI is InChI=1S/C37H44NOSi/c1-22(2)17-24-11-14-27-29(18-24)23(3)33-35-34-28(15-16-38(35)7)30-20-26(40(8,9)10)13-12-25(30)19-32(34)39-36(33)31(27)21-37(4,5)6/h11-16,18-20,22H,17,21H2,1-10H3/q+1. The normalized spacial score (nSPS) is 13.4. The minimum atomic E-state index is -1.45. The molecule has 0 saturated heterocycles. The van der Waals surface area contributed by atoms with Gasteiger partial charge in [0.15, 0.2) is 6.20 Å². The highest BCUT2D eigenvalue weighted by Crippen LogP contribution is 2.52. The molecule has 0 atom stereocenters. The van der Waals surface area contributed by atoms with Gasteiger partial charge in [0.1, 0.15) is 18.5 Å². The Labute approximate surface area is 241 Å². The first-order valence-corrected chi connectivity index (χ1v) is 18.4. The second-order valence-corrected chi connectivity index (χ2v) is 19.8. The number of rotatable bonds is 4. The van der Waals surface area contributed by atoms with E-state index in [-0.39, 0.29) is 5.41 Å². The summed E-state index contributed by atoms with van der Waals surface area (Å²) in [6.07, 6.45) is 4.30. The molecule has 0 spiro atoms. The van der Waals surface area contributed by atoms with Crippen LogP contribution < -0.4 is 14.5 Å². The van der Waals surface area contributed by atoms with Gasteiger partial charge in [-0.15, -0.1) is 0 Å². The van der Waals surface area contributed by atoms with Gasteiger partial charge >= 0.3 is 0 Å². The van der Waals surface area contributed by atoms with Crippen molar-refractivity contribution in [2.75, 3.05) is 0 Å². The zero-order valence-corrected chi connectivity index (χ0v) is 27.0. The van der Waals surface area contributed by atoms with E-state index in [1.807, 2.05) is 0 Å². The van der Waals surface area contributed by atoms with Crippen LogP contribution in [0.15, 0.2) is 54.7 Å². The van der Waals surface area contributed by atoms with Crippen LogP contribution in [0, 0.1) is 18.3 Å². The van der Waals surface area contributed by atoms with E-state index in [9.17, 15) is 0 Å². The molecule has 206 valence electrons. The maximum Gasteiger partial charge on any atom is 0.228 e. The van der Waals surface area contributed by atoms with Crippen LogP contribution in [0.2, 0.25) is 19.6 Å². The molecule has 4 aromatic carbocycles. The number of benzene rings is 4. The van der Waals surface area contributed by atoms with E-state index in [1.54, 1.807) is 0 Å². The van der Waals surface area contributed by atoms with Gasteiger partial charge in [-0.2, -0.15) is 0 Å². The molecule has 1 aliphatic heterocycles. The maximum atomic E-state index is 7.07. The van der Waals surface area contributed by atoms with Crippen molar-refractivity contribution in [3.63, 3.8) is 0 Å². The van der Waals surface area contributed by atoms with Gasteiger partial charge < -0.3 is 4.74 Å². The van der Waals surface area contributed by atoms with Gasteiger partial charge in [0, 0.05) is 17.0 Å². The summed E-state index contributed by atoms with van der Waals surface area (Å²) in [5.74, 6) is 2.65. The second-order valence-electron chi connectivity index (χ2n) is 14.7. The molecule has 5 aromatic rings. The fraction of sp³-hybridized carbons (Fsp3) is 0.378. The van der Waals surface area contributed by atoms with Gasteiger partial charge in [0.2, 0.25) is 5.69 Å². The molecule has 2 nitrogen and oxygen atoms in total. The fourth-order valence-corrected chi connectivity index (χ4v) is 7.81. The Morgan fingerprint density at radius 1 is 0.875 bits per heavy atom. The van der Waals surface area contributed by atoms with Crippen molar-refractivity contribution in [3.8, 4) is 22.8 Å². The third kappa shape index (κ3) is 4.43. The van der Waals surface area contributed by atoms with Gasteiger partial charge in [0.05, 0.1) is 19.0 Å². The van der Waals surface area contributed by atoms with Crippen LogP contribution in [0.1, 0.15) is 51.3 Å². The number of aryl methyl sites for hydroxylation is 2. The minimum absolute atomic E-state index is 0.126. The smallest absolute Gasteiger partial charge is 0.228 e. The molecule has 0 amide bonds. The zero-order chi connectivity index (χ0) is 28.7. The SMILES string of the molecule is Cc1c2c(c(CC(C)(C)C)c3ccc(CC(C)C)cc13)Oc1cc3ccc([Si](C)(C)C)cc3c3cc[n+](C)c-2c13. The summed E-state index contributed by atoms with van der Waals surface area (Å²) in [5, 5.41) is 9.30. The number of fused-ring (bicyclic) bond motifs is 5. The molecule has 6 rings (SSSR count). The zero-order valence-electron chi connectivity index (χ0n) is 26.0.